The third-order valence-corrected chi connectivity index (χ3v) is 19.0. The molecule has 3 fully saturated rings. The molecule has 1 unspecified atom stereocenters. The monoisotopic (exact) mass is 1210 g/mol. The molecule has 2 bridgehead atoms. The number of amides is 1. The number of alkyl carbamates (subject to hydrolysis) is 1. The molecule has 17 atom stereocenters. The third kappa shape index (κ3) is 13.4. The van der Waals surface area contributed by atoms with E-state index >= 15 is 0 Å². The Bertz CT molecular complexity index is 2370. The van der Waals surface area contributed by atoms with Crippen molar-refractivity contribution >= 4 is 77.0 Å². The molecule has 0 saturated carbocycles. The van der Waals surface area contributed by atoms with Gasteiger partial charge in [0.05, 0.1) is 78.0 Å². The van der Waals surface area contributed by atoms with Gasteiger partial charge in [-0.1, -0.05) is 63.1 Å². The highest BCUT2D eigenvalue weighted by Crippen LogP contribution is 2.49. The second-order valence-corrected chi connectivity index (χ2v) is 23.8. The number of aliphatic hydroxyl groups is 7. The molecule has 26 heteroatoms. The summed E-state index contributed by atoms with van der Waals surface area (Å²) >= 11 is 2.81. The predicted molar refractivity (Wildman–Crippen MR) is 279 cm³/mol. The molecular weight excluding hydrogens is 1150 g/mol. The van der Waals surface area contributed by atoms with Crippen molar-refractivity contribution in [1.82, 2.24) is 10.8 Å². The van der Waals surface area contributed by atoms with Gasteiger partial charge in [-0.15, -0.1) is 0 Å². The lowest BCUT2D eigenvalue weighted by atomic mass is 9.74. The molecule has 73 heavy (non-hydrogen) atoms. The second-order valence-electron chi connectivity index (χ2n) is 17.2. The maximum atomic E-state index is 14.2. The fourth-order valence-electron chi connectivity index (χ4n) is 8.80. The Morgan fingerprint density at radius 3 is 2.26 bits per heavy atom. The highest BCUT2D eigenvalue weighted by Gasteiger charge is 2.50. The van der Waals surface area contributed by atoms with Gasteiger partial charge in [-0.2, -0.15) is 5.48 Å². The van der Waals surface area contributed by atoms with Gasteiger partial charge in [0.2, 0.25) is 17.2 Å². The van der Waals surface area contributed by atoms with Gasteiger partial charge >= 0.3 is 6.09 Å². The number of fused-ring (bicyclic) bond motifs is 2. The third-order valence-electron chi connectivity index (χ3n) is 12.5. The zero-order valence-corrected chi connectivity index (χ0v) is 46.6. The lowest BCUT2D eigenvalue weighted by molar-refractivity contribution is -0.301. The molecule has 6 rings (SSSR count). The number of hydrogen-bond donors (Lipinski definition) is 9. The van der Waals surface area contributed by atoms with Crippen molar-refractivity contribution in [3.63, 3.8) is 0 Å². The lowest BCUT2D eigenvalue weighted by Crippen LogP contribution is -2.63. The number of thioether (sulfide) groups is 1. The van der Waals surface area contributed by atoms with Gasteiger partial charge in [-0.25, -0.2) is 4.79 Å². The van der Waals surface area contributed by atoms with Crippen molar-refractivity contribution in [3.8, 4) is 40.9 Å². The zero-order valence-electron chi connectivity index (χ0n) is 41.1. The summed E-state index contributed by atoms with van der Waals surface area (Å²) < 4.78 is 52.5. The number of allylic oxidation sites excluding steroid dienone is 2. The fraction of sp³-hybridized carbons (Fsp3) is 0.617. The molecule has 0 spiro atoms. The SMILES string of the molecule is COC(=O)NC1=C2/C(=C/CSSSC)[C@](O)(C#C/C=C\C#C[C@@H]2O[C@@H]2O[C@H](C)C(NO[C@H]3C[C@H](O)[C@H](SC(=O)c4c(C)c(I)c(O[C@@H]5O[C@@H](C)[C@H](O)[C@@H](OC)[C@H]5O)c(OC)c4OC)[C@@H](C)O3)[C@H](O)[C@H]2O)C[C@H]1O. The summed E-state index contributed by atoms with van der Waals surface area (Å²) in [6.07, 6.45) is -12.3. The van der Waals surface area contributed by atoms with Crippen LogP contribution < -0.4 is 25.0 Å². The van der Waals surface area contributed by atoms with Crippen molar-refractivity contribution in [2.75, 3.05) is 40.4 Å². The number of ether oxygens (including phenoxy) is 9. The number of hydrogen-bond acceptors (Lipinski definition) is 24. The van der Waals surface area contributed by atoms with Crippen LogP contribution in [-0.4, -0.2) is 190 Å². The second kappa shape index (κ2) is 26.7. The van der Waals surface area contributed by atoms with Crippen LogP contribution in [0.1, 0.15) is 49.5 Å². The summed E-state index contributed by atoms with van der Waals surface area (Å²) in [5.41, 5.74) is 1.53. The summed E-state index contributed by atoms with van der Waals surface area (Å²) in [5.74, 6) is 11.8. The molecular formula is C47H61IN2O19S4. The molecule has 2 aliphatic carbocycles. The Kier molecular flexibility index (Phi) is 21.8. The maximum Gasteiger partial charge on any atom is 0.411 e. The summed E-state index contributed by atoms with van der Waals surface area (Å²) in [4.78, 5) is 32.7. The summed E-state index contributed by atoms with van der Waals surface area (Å²) in [7, 11) is 9.69. The van der Waals surface area contributed by atoms with E-state index in [2.05, 4.69) is 34.5 Å². The smallest absolute Gasteiger partial charge is 0.411 e. The number of rotatable bonds is 17. The van der Waals surface area contributed by atoms with Gasteiger partial charge in [0.1, 0.15) is 36.6 Å². The molecule has 3 aliphatic heterocycles. The topological polar surface area (TPSA) is 292 Å². The number of carbonyl (C=O) groups excluding carboxylic acids is 2. The van der Waals surface area contributed by atoms with Gasteiger partial charge in [0.15, 0.2) is 29.7 Å². The van der Waals surface area contributed by atoms with E-state index < -0.39 is 114 Å². The van der Waals surface area contributed by atoms with E-state index in [1.807, 2.05) is 28.8 Å². The average molecular weight is 1210 g/mol. The Morgan fingerprint density at radius 2 is 1.60 bits per heavy atom. The quantitative estimate of drug-likeness (QED) is 0.0355. The van der Waals surface area contributed by atoms with Crippen LogP contribution in [-0.2, 0) is 33.3 Å². The Balaban J connectivity index is 1.14. The molecule has 3 heterocycles. The number of methoxy groups -OCH3 is 4. The van der Waals surface area contributed by atoms with Gasteiger partial charge in [-0.05, 0) is 84.1 Å². The largest absolute Gasteiger partial charge is 0.492 e. The Hall–Kier alpha value is -2.53. The van der Waals surface area contributed by atoms with Crippen molar-refractivity contribution < 1.29 is 92.8 Å². The van der Waals surface area contributed by atoms with Crippen LogP contribution in [0.3, 0.4) is 0 Å². The van der Waals surface area contributed by atoms with E-state index in [0.717, 1.165) is 18.9 Å². The van der Waals surface area contributed by atoms with Gasteiger partial charge in [-0.3, -0.25) is 14.9 Å². The first-order valence-electron chi connectivity index (χ1n) is 22.7. The standard InChI is InChI=1S/C47H61IN2O19S4/c1-20-29(38(60-5)41(62-7)39(31(20)48)68-45-37(56)40(61-6)34(53)22(3)66-45)43(57)72-42-23(4)64-28(18-25(42)51)69-50-32-21(2)65-44(36(55)35(32)54)67-27-14-12-10-11-13-16-47(59)19-26(52)33(49-46(58)63-8)30(27)24(47)15-17-71-73-70-9/h10-11,15,21-23,25-28,32,34-37,40,42,44-45,50-56,59H,17-19H2,1-9H3,(H,49,58)/b11-10-,24-15-/t21-,22+,23-,25+,26-,27+,28+,32?,34+,35+,36-,37-,40-,42-,44+,45+,47+/m1/s1. The lowest BCUT2D eigenvalue weighted by Gasteiger charge is -2.44. The first-order chi connectivity index (χ1) is 34.7. The van der Waals surface area contributed by atoms with Gasteiger partial charge in [0.25, 0.3) is 0 Å². The minimum Gasteiger partial charge on any atom is -0.492 e. The Morgan fingerprint density at radius 1 is 0.904 bits per heavy atom. The van der Waals surface area contributed by atoms with Crippen LogP contribution >= 0.6 is 65.8 Å². The average Bonchev–Trinajstić information content (AvgIpc) is 3.35. The molecule has 5 aliphatic rings. The molecule has 1 aromatic rings. The Labute approximate surface area is 452 Å². The van der Waals surface area contributed by atoms with Crippen LogP contribution in [0.4, 0.5) is 4.79 Å². The number of halogens is 1. The van der Waals surface area contributed by atoms with E-state index in [1.54, 1.807) is 33.8 Å². The van der Waals surface area contributed by atoms with Crippen LogP contribution in [0, 0.1) is 34.2 Å². The molecule has 1 aromatic carbocycles. The van der Waals surface area contributed by atoms with Crippen LogP contribution in [0.2, 0.25) is 0 Å². The van der Waals surface area contributed by atoms with Crippen LogP contribution in [0.5, 0.6) is 17.2 Å². The molecule has 1 amide bonds. The van der Waals surface area contributed by atoms with E-state index in [1.165, 1.54) is 64.9 Å². The number of aliphatic hydroxyl groups excluding tert-OH is 6. The van der Waals surface area contributed by atoms with Gasteiger partial charge < -0.3 is 78.4 Å². The van der Waals surface area contributed by atoms with Crippen molar-refractivity contribution in [2.45, 2.75) is 143 Å². The molecule has 0 radical (unpaired) electrons. The molecule has 0 aromatic heterocycles. The first-order valence-corrected chi connectivity index (χ1v) is 28.8. The maximum absolute atomic E-state index is 14.2. The van der Waals surface area contributed by atoms with Gasteiger partial charge in [0, 0.05) is 36.9 Å². The van der Waals surface area contributed by atoms with Crippen molar-refractivity contribution in [3.05, 3.63) is 49.8 Å². The van der Waals surface area contributed by atoms with Crippen LogP contribution in [0.15, 0.2) is 35.1 Å². The zero-order chi connectivity index (χ0) is 53.5. The fourth-order valence-corrected chi connectivity index (χ4v) is 13.0. The van der Waals surface area contributed by atoms with Crippen LogP contribution in [0.25, 0.3) is 0 Å². The number of carbonyl (C=O) groups is 2. The number of hydroxylamine groups is 1. The summed E-state index contributed by atoms with van der Waals surface area (Å²) in [5, 5.41) is 80.6. The minimum atomic E-state index is -1.93. The number of benzene rings is 1. The normalized spacial score (nSPS) is 36.2. The summed E-state index contributed by atoms with van der Waals surface area (Å²) in [6.45, 7) is 6.53. The van der Waals surface area contributed by atoms with E-state index in [-0.39, 0.29) is 52.5 Å². The van der Waals surface area contributed by atoms with Crippen molar-refractivity contribution in [1.29, 1.82) is 0 Å². The number of nitrogens with one attached hydrogen (secondary N) is 2. The van der Waals surface area contributed by atoms with E-state index in [4.69, 9.17) is 47.5 Å². The molecule has 21 nitrogen and oxygen atoms in total. The minimum absolute atomic E-state index is 0.0288. The molecule has 404 valence electrons. The first kappa shape index (κ1) is 59.7. The highest BCUT2D eigenvalue weighted by atomic mass is 127. The van der Waals surface area contributed by atoms with E-state index in [0.29, 0.717) is 14.9 Å². The molecule has 3 saturated heterocycles. The van der Waals surface area contributed by atoms with Crippen molar-refractivity contribution in [2.24, 2.45) is 0 Å². The predicted octanol–water partition coefficient (Wildman–Crippen LogP) is 2.22. The highest BCUT2D eigenvalue weighted by molar-refractivity contribution is 14.1. The molecule has 9 N–H and O–H groups in total. The summed E-state index contributed by atoms with van der Waals surface area (Å²) in [6, 6.07) is -1.10. The van der Waals surface area contributed by atoms with E-state index in [9.17, 15) is 45.3 Å².